The third-order valence-electron chi connectivity index (χ3n) is 12.6. The SMILES string of the molecule is CC/C=C\C/C=C\C/C=C\C/C=C\C/C=C\C/C=C\CCCCCCC(=O)OC1C(OCC(NC(=O)C(O)CC/C=C/C=C\C=C/C=C/C=C/CC)C(O)/C=C/CCCCCCCCCCCC)OC(CO)C(O)C1O. The van der Waals surface area contributed by atoms with Gasteiger partial charge in [-0.25, -0.2) is 0 Å². The maximum absolute atomic E-state index is 13.3. The average molecular weight is 1060 g/mol. The number of aliphatic hydroxyl groups excluding tert-OH is 5. The van der Waals surface area contributed by atoms with E-state index in [4.69, 9.17) is 14.2 Å². The Labute approximate surface area is 460 Å². The Balaban J connectivity index is 2.74. The molecule has 1 amide bonds. The van der Waals surface area contributed by atoms with Gasteiger partial charge in [-0.15, -0.1) is 0 Å². The van der Waals surface area contributed by atoms with E-state index in [0.29, 0.717) is 12.8 Å². The number of ether oxygens (including phenoxy) is 3. The summed E-state index contributed by atoms with van der Waals surface area (Å²) in [6.45, 7) is 5.43. The Morgan fingerprint density at radius 2 is 1.01 bits per heavy atom. The van der Waals surface area contributed by atoms with Crippen LogP contribution >= 0.6 is 0 Å². The van der Waals surface area contributed by atoms with E-state index in [1.807, 2.05) is 60.8 Å². The fourth-order valence-electron chi connectivity index (χ4n) is 8.03. The Morgan fingerprint density at radius 1 is 0.539 bits per heavy atom. The van der Waals surface area contributed by atoms with E-state index in [1.54, 1.807) is 6.08 Å². The van der Waals surface area contributed by atoms with Crippen LogP contribution < -0.4 is 5.32 Å². The highest BCUT2D eigenvalue weighted by Crippen LogP contribution is 2.26. The smallest absolute Gasteiger partial charge is 0.306 e. The van der Waals surface area contributed by atoms with Gasteiger partial charge in [0.1, 0.15) is 24.4 Å². The zero-order valence-electron chi connectivity index (χ0n) is 47.1. The summed E-state index contributed by atoms with van der Waals surface area (Å²) in [4.78, 5) is 26.4. The van der Waals surface area contributed by atoms with Crippen molar-refractivity contribution in [1.29, 1.82) is 0 Å². The number of nitrogens with one attached hydrogen (secondary N) is 1. The van der Waals surface area contributed by atoms with E-state index >= 15 is 0 Å². The molecule has 76 heavy (non-hydrogen) atoms. The van der Waals surface area contributed by atoms with Crippen LogP contribution in [0.4, 0.5) is 0 Å². The topological polar surface area (TPSA) is 175 Å². The number of hydrogen-bond donors (Lipinski definition) is 6. The lowest BCUT2D eigenvalue weighted by molar-refractivity contribution is -0.305. The zero-order chi connectivity index (χ0) is 55.4. The minimum atomic E-state index is -1.65. The Bertz CT molecular complexity index is 1790. The van der Waals surface area contributed by atoms with Crippen LogP contribution in [-0.2, 0) is 23.8 Å². The maximum Gasteiger partial charge on any atom is 0.306 e. The molecular weight excluding hydrogens is 955 g/mol. The van der Waals surface area contributed by atoms with Gasteiger partial charge in [-0.2, -0.15) is 0 Å². The van der Waals surface area contributed by atoms with Crippen molar-refractivity contribution < 1.29 is 49.3 Å². The normalized spacial score (nSPS) is 20.2. The van der Waals surface area contributed by atoms with Gasteiger partial charge in [0.25, 0.3) is 0 Å². The molecule has 1 aliphatic rings. The van der Waals surface area contributed by atoms with Crippen molar-refractivity contribution in [2.45, 2.75) is 237 Å². The summed E-state index contributed by atoms with van der Waals surface area (Å²) >= 11 is 0. The van der Waals surface area contributed by atoms with Crippen LogP contribution in [0.1, 0.15) is 188 Å². The van der Waals surface area contributed by atoms with Gasteiger partial charge in [-0.05, 0) is 89.9 Å². The molecule has 1 aliphatic heterocycles. The zero-order valence-corrected chi connectivity index (χ0v) is 47.1. The minimum Gasteiger partial charge on any atom is -0.454 e. The van der Waals surface area contributed by atoms with Crippen LogP contribution in [-0.4, -0.2) is 99.6 Å². The van der Waals surface area contributed by atoms with Crippen LogP contribution in [0, 0.1) is 0 Å². The number of amides is 1. The van der Waals surface area contributed by atoms with Crippen LogP contribution in [0.15, 0.2) is 146 Å². The Kier molecular flexibility index (Phi) is 47.0. The highest BCUT2D eigenvalue weighted by Gasteiger charge is 2.47. The number of allylic oxidation sites excluding steroid dienone is 23. The van der Waals surface area contributed by atoms with E-state index in [0.717, 1.165) is 96.3 Å². The van der Waals surface area contributed by atoms with Gasteiger partial charge in [0.15, 0.2) is 12.4 Å². The van der Waals surface area contributed by atoms with Crippen molar-refractivity contribution in [2.75, 3.05) is 13.2 Å². The molecule has 0 spiro atoms. The number of esters is 1. The van der Waals surface area contributed by atoms with Crippen molar-refractivity contribution in [3.8, 4) is 0 Å². The highest BCUT2D eigenvalue weighted by molar-refractivity contribution is 5.80. The summed E-state index contributed by atoms with van der Waals surface area (Å²) in [7, 11) is 0. The first-order chi connectivity index (χ1) is 37.2. The molecule has 0 radical (unpaired) electrons. The monoisotopic (exact) mass is 1060 g/mol. The summed E-state index contributed by atoms with van der Waals surface area (Å²) in [6.07, 6.45) is 63.3. The third kappa shape index (κ3) is 39.0. The van der Waals surface area contributed by atoms with E-state index in [9.17, 15) is 35.1 Å². The first-order valence-electron chi connectivity index (χ1n) is 29.2. The van der Waals surface area contributed by atoms with E-state index < -0.39 is 67.4 Å². The predicted molar refractivity (Wildman–Crippen MR) is 314 cm³/mol. The van der Waals surface area contributed by atoms with Gasteiger partial charge in [-0.1, -0.05) is 237 Å². The van der Waals surface area contributed by atoms with Crippen molar-refractivity contribution in [2.24, 2.45) is 0 Å². The molecule has 8 unspecified atom stereocenters. The summed E-state index contributed by atoms with van der Waals surface area (Å²) in [5.74, 6) is -1.32. The first kappa shape index (κ1) is 69.6. The molecule has 1 heterocycles. The molecule has 1 rings (SSSR count). The molecule has 0 aromatic carbocycles. The largest absolute Gasteiger partial charge is 0.454 e. The number of unbranched alkanes of at least 4 members (excludes halogenated alkanes) is 14. The fourth-order valence-corrected chi connectivity index (χ4v) is 8.03. The number of carbonyl (C=O) groups excluding carboxylic acids is 2. The van der Waals surface area contributed by atoms with Crippen molar-refractivity contribution >= 4 is 11.9 Å². The fraction of sp³-hybridized carbons (Fsp3) is 0.600. The summed E-state index contributed by atoms with van der Waals surface area (Å²) in [6, 6.07) is -1.08. The molecule has 11 heteroatoms. The average Bonchev–Trinajstić information content (AvgIpc) is 3.42. The quantitative estimate of drug-likeness (QED) is 0.0149. The highest BCUT2D eigenvalue weighted by atomic mass is 16.7. The number of hydrogen-bond acceptors (Lipinski definition) is 10. The van der Waals surface area contributed by atoms with Gasteiger partial charge >= 0.3 is 5.97 Å². The van der Waals surface area contributed by atoms with Crippen LogP contribution in [0.3, 0.4) is 0 Å². The van der Waals surface area contributed by atoms with Gasteiger partial charge in [0.05, 0.1) is 25.4 Å². The third-order valence-corrected chi connectivity index (χ3v) is 12.6. The molecule has 6 N–H and O–H groups in total. The number of aliphatic hydroxyl groups is 5. The molecule has 8 atom stereocenters. The van der Waals surface area contributed by atoms with Crippen molar-refractivity contribution in [3.63, 3.8) is 0 Å². The first-order valence-corrected chi connectivity index (χ1v) is 29.2. The molecule has 1 saturated heterocycles. The van der Waals surface area contributed by atoms with Crippen LogP contribution in [0.25, 0.3) is 0 Å². The molecular formula is C65H103NO10. The molecule has 0 bridgehead atoms. The van der Waals surface area contributed by atoms with Crippen molar-refractivity contribution in [3.05, 3.63) is 146 Å². The number of rotatable bonds is 46. The number of carbonyl (C=O) groups is 2. The standard InChI is InChI=1S/C65H103NO10/c1-4-7-10-13-16-19-22-25-26-27-28-29-30-31-32-33-34-35-38-41-44-47-50-53-60(70)76-63-62(72)61(71)59(54-67)75-65(63)74-55-56(57(68)51-48-45-42-39-36-23-20-17-14-11-8-5-2)66-64(73)58(69)52-49-46-43-40-37-24-21-18-15-12-9-6-3/h7,9-10,12,15-16,18-19,21,24-26,28-29,31-32,34-35,37,40,43,46,48,51,56-59,61-63,65,67-69,71-72H,4-6,8,11,13-14,17,20,22-23,27,30,33,36,38-39,41-42,44-45,47,49-50,52-55H2,1-3H3,(H,66,73)/b10-7-,12-9+,18-15+,19-16-,24-21-,26-25-,29-28-,32-31-,35-34-,40-37-,46-43+,51-48+. The van der Waals surface area contributed by atoms with Gasteiger partial charge in [-0.3, -0.25) is 9.59 Å². The molecule has 0 saturated carbocycles. The Morgan fingerprint density at radius 3 is 1.55 bits per heavy atom. The van der Waals surface area contributed by atoms with Gasteiger partial charge in [0.2, 0.25) is 5.91 Å². The van der Waals surface area contributed by atoms with Gasteiger partial charge < -0.3 is 45.1 Å². The van der Waals surface area contributed by atoms with Crippen molar-refractivity contribution in [1.82, 2.24) is 5.32 Å². The van der Waals surface area contributed by atoms with E-state index in [2.05, 4.69) is 105 Å². The predicted octanol–water partition coefficient (Wildman–Crippen LogP) is 13.4. The second-order valence-electron chi connectivity index (χ2n) is 19.4. The second-order valence-corrected chi connectivity index (χ2v) is 19.4. The van der Waals surface area contributed by atoms with Gasteiger partial charge in [0, 0.05) is 6.42 Å². The molecule has 428 valence electrons. The molecule has 0 aromatic rings. The molecule has 11 nitrogen and oxygen atoms in total. The Hall–Kier alpha value is -4.46. The summed E-state index contributed by atoms with van der Waals surface area (Å²) < 4.78 is 17.5. The lowest BCUT2D eigenvalue weighted by atomic mass is 9.99. The van der Waals surface area contributed by atoms with Crippen LogP contribution in [0.2, 0.25) is 0 Å². The van der Waals surface area contributed by atoms with Crippen LogP contribution in [0.5, 0.6) is 0 Å². The molecule has 0 aliphatic carbocycles. The lowest BCUT2D eigenvalue weighted by Crippen LogP contribution is -2.61. The molecule has 1 fully saturated rings. The summed E-state index contributed by atoms with van der Waals surface area (Å²) in [5, 5.41) is 56.7. The molecule has 0 aromatic heterocycles. The van der Waals surface area contributed by atoms with E-state index in [-0.39, 0.29) is 19.4 Å². The summed E-state index contributed by atoms with van der Waals surface area (Å²) in [5.41, 5.74) is 0. The maximum atomic E-state index is 13.3. The van der Waals surface area contributed by atoms with E-state index in [1.165, 1.54) is 44.9 Å². The lowest BCUT2D eigenvalue weighted by Gasteiger charge is -2.41. The second kappa shape index (κ2) is 51.3. The minimum absolute atomic E-state index is 0.0752.